The largest absolute Gasteiger partial charge is 0.490 e. The highest BCUT2D eigenvalue weighted by Gasteiger charge is 2.23. The van der Waals surface area contributed by atoms with Gasteiger partial charge in [0.1, 0.15) is 11.9 Å². The minimum absolute atomic E-state index is 0.114. The van der Waals surface area contributed by atoms with Crippen molar-refractivity contribution in [2.75, 3.05) is 20.0 Å². The van der Waals surface area contributed by atoms with E-state index in [1.165, 1.54) is 7.11 Å². The molecule has 110 valence electrons. The third kappa shape index (κ3) is 3.42. The van der Waals surface area contributed by atoms with Gasteiger partial charge in [-0.15, -0.1) is 0 Å². The summed E-state index contributed by atoms with van der Waals surface area (Å²) in [5.41, 5.74) is 6.49. The molecule has 20 heavy (non-hydrogen) atoms. The molecule has 0 bridgehead atoms. The monoisotopic (exact) mass is 279 g/mol. The summed E-state index contributed by atoms with van der Waals surface area (Å²) in [5, 5.41) is 0. The van der Waals surface area contributed by atoms with E-state index in [2.05, 4.69) is 0 Å². The van der Waals surface area contributed by atoms with E-state index in [-0.39, 0.29) is 12.2 Å². The second kappa shape index (κ2) is 6.61. The van der Waals surface area contributed by atoms with E-state index in [9.17, 15) is 4.79 Å². The van der Waals surface area contributed by atoms with Gasteiger partial charge < -0.3 is 19.9 Å². The molecular formula is C15H21NO4. The Morgan fingerprint density at radius 3 is 2.70 bits per heavy atom. The Morgan fingerprint density at radius 1 is 1.25 bits per heavy atom. The van der Waals surface area contributed by atoms with Crippen LogP contribution in [-0.2, 0) is 9.47 Å². The van der Waals surface area contributed by atoms with E-state index < -0.39 is 5.97 Å². The number of esters is 1. The molecule has 0 spiro atoms. The van der Waals surface area contributed by atoms with Crippen molar-refractivity contribution in [2.45, 2.75) is 37.9 Å². The van der Waals surface area contributed by atoms with Gasteiger partial charge in [0.2, 0.25) is 0 Å². The highest BCUT2D eigenvalue weighted by Crippen LogP contribution is 2.27. The highest BCUT2D eigenvalue weighted by molar-refractivity contribution is 5.95. The first-order valence-corrected chi connectivity index (χ1v) is 6.81. The molecule has 0 aliphatic heterocycles. The topological polar surface area (TPSA) is 70.8 Å². The molecule has 1 aromatic carbocycles. The lowest BCUT2D eigenvalue weighted by atomic mass is 9.95. The number of ether oxygens (including phenoxy) is 3. The van der Waals surface area contributed by atoms with Gasteiger partial charge in [-0.1, -0.05) is 0 Å². The van der Waals surface area contributed by atoms with Gasteiger partial charge >= 0.3 is 5.97 Å². The zero-order valence-corrected chi connectivity index (χ0v) is 11.9. The molecular weight excluding hydrogens is 258 g/mol. The Kier molecular flexibility index (Phi) is 4.84. The molecule has 0 amide bonds. The van der Waals surface area contributed by atoms with Crippen LogP contribution in [-0.4, -0.2) is 32.4 Å². The lowest BCUT2D eigenvalue weighted by molar-refractivity contribution is 0.0209. The lowest BCUT2D eigenvalue weighted by Gasteiger charge is -2.28. The Labute approximate surface area is 119 Å². The second-order valence-corrected chi connectivity index (χ2v) is 5.00. The van der Waals surface area contributed by atoms with Crippen molar-refractivity contribution in [1.29, 1.82) is 0 Å². The third-order valence-electron chi connectivity index (χ3n) is 3.64. The van der Waals surface area contributed by atoms with Crippen molar-refractivity contribution in [1.82, 2.24) is 0 Å². The van der Waals surface area contributed by atoms with Crippen molar-refractivity contribution in [3.63, 3.8) is 0 Å². The van der Waals surface area contributed by atoms with Crippen LogP contribution < -0.4 is 10.5 Å². The second-order valence-electron chi connectivity index (χ2n) is 5.00. The van der Waals surface area contributed by atoms with Crippen LogP contribution in [0.3, 0.4) is 0 Å². The molecule has 2 N–H and O–H groups in total. The summed E-state index contributed by atoms with van der Waals surface area (Å²) >= 11 is 0. The van der Waals surface area contributed by atoms with Gasteiger partial charge in [0, 0.05) is 19.2 Å². The van der Waals surface area contributed by atoms with Gasteiger partial charge in [0.15, 0.2) is 0 Å². The first kappa shape index (κ1) is 14.7. The normalized spacial score (nSPS) is 22.3. The number of nitrogen functional groups attached to an aromatic ring is 1. The molecule has 0 radical (unpaired) electrons. The molecule has 1 saturated carbocycles. The fraction of sp³-hybridized carbons (Fsp3) is 0.533. The Morgan fingerprint density at radius 2 is 2.00 bits per heavy atom. The van der Waals surface area contributed by atoms with Gasteiger partial charge in [0.25, 0.3) is 0 Å². The minimum Gasteiger partial charge on any atom is -0.490 e. The number of carbonyl (C=O) groups is 1. The lowest BCUT2D eigenvalue weighted by Crippen LogP contribution is -2.29. The summed E-state index contributed by atoms with van der Waals surface area (Å²) < 4.78 is 16.0. The molecule has 2 unspecified atom stereocenters. The maximum atomic E-state index is 11.6. The number of nitrogens with two attached hydrogens (primary N) is 1. The van der Waals surface area contributed by atoms with Crippen molar-refractivity contribution in [3.8, 4) is 5.75 Å². The quantitative estimate of drug-likeness (QED) is 0.677. The number of hydrogen-bond acceptors (Lipinski definition) is 5. The number of carbonyl (C=O) groups excluding carboxylic acids is 1. The molecule has 1 aliphatic rings. The molecule has 0 heterocycles. The van der Waals surface area contributed by atoms with Crippen LogP contribution >= 0.6 is 0 Å². The predicted octanol–water partition coefficient (Wildman–Crippen LogP) is 2.39. The molecule has 1 fully saturated rings. The minimum atomic E-state index is -0.452. The van der Waals surface area contributed by atoms with Crippen LogP contribution in [0.15, 0.2) is 18.2 Å². The van der Waals surface area contributed by atoms with E-state index in [1.807, 2.05) is 0 Å². The number of rotatable bonds is 4. The molecule has 0 saturated heterocycles. The summed E-state index contributed by atoms with van der Waals surface area (Å²) in [6.45, 7) is 0. The van der Waals surface area contributed by atoms with Crippen molar-refractivity contribution >= 4 is 11.7 Å². The number of hydrogen-bond donors (Lipinski definition) is 1. The van der Waals surface area contributed by atoms with Crippen LogP contribution in [0.1, 0.15) is 36.0 Å². The zero-order valence-electron chi connectivity index (χ0n) is 11.9. The summed E-state index contributed by atoms with van der Waals surface area (Å²) in [7, 11) is 3.06. The van der Waals surface area contributed by atoms with Gasteiger partial charge in [-0.2, -0.15) is 0 Å². The Bertz CT molecular complexity index is 475. The molecule has 5 heteroatoms. The Balaban J connectivity index is 2.07. The molecule has 1 aromatic rings. The molecule has 2 rings (SSSR count). The van der Waals surface area contributed by atoms with E-state index in [4.69, 9.17) is 19.9 Å². The first-order chi connectivity index (χ1) is 9.63. The van der Waals surface area contributed by atoms with E-state index >= 15 is 0 Å². The van der Waals surface area contributed by atoms with Gasteiger partial charge in [-0.25, -0.2) is 4.79 Å². The summed E-state index contributed by atoms with van der Waals surface area (Å²) in [6, 6.07) is 5.08. The van der Waals surface area contributed by atoms with Crippen LogP contribution in [0.2, 0.25) is 0 Å². The van der Waals surface area contributed by atoms with E-state index in [0.29, 0.717) is 17.0 Å². The van der Waals surface area contributed by atoms with E-state index in [0.717, 1.165) is 25.7 Å². The van der Waals surface area contributed by atoms with Crippen LogP contribution in [0.25, 0.3) is 0 Å². The smallest absolute Gasteiger partial charge is 0.340 e. The predicted molar refractivity (Wildman–Crippen MR) is 75.9 cm³/mol. The SMILES string of the molecule is COC(=O)c1cc(OC2CCCC(OC)C2)ccc1N. The van der Waals surface area contributed by atoms with Gasteiger partial charge in [-0.3, -0.25) is 0 Å². The van der Waals surface area contributed by atoms with Crippen molar-refractivity contribution < 1.29 is 19.0 Å². The van der Waals surface area contributed by atoms with Crippen LogP contribution in [0.5, 0.6) is 5.75 Å². The number of benzene rings is 1. The van der Waals surface area contributed by atoms with Gasteiger partial charge in [0.05, 0.1) is 18.8 Å². The van der Waals surface area contributed by atoms with Crippen LogP contribution in [0.4, 0.5) is 5.69 Å². The summed E-state index contributed by atoms with van der Waals surface area (Å²) in [4.78, 5) is 11.6. The summed E-state index contributed by atoms with van der Waals surface area (Å²) in [6.07, 6.45) is 4.39. The number of methoxy groups -OCH3 is 2. The van der Waals surface area contributed by atoms with Crippen LogP contribution in [0, 0.1) is 0 Å². The van der Waals surface area contributed by atoms with Crippen molar-refractivity contribution in [2.24, 2.45) is 0 Å². The average molecular weight is 279 g/mol. The molecule has 5 nitrogen and oxygen atoms in total. The fourth-order valence-corrected chi connectivity index (χ4v) is 2.51. The first-order valence-electron chi connectivity index (χ1n) is 6.81. The fourth-order valence-electron chi connectivity index (χ4n) is 2.51. The third-order valence-corrected chi connectivity index (χ3v) is 3.64. The maximum Gasteiger partial charge on any atom is 0.340 e. The molecule has 2 atom stereocenters. The van der Waals surface area contributed by atoms with E-state index in [1.54, 1.807) is 25.3 Å². The summed E-state index contributed by atoms with van der Waals surface area (Å²) in [5.74, 6) is 0.188. The average Bonchev–Trinajstić information content (AvgIpc) is 2.48. The van der Waals surface area contributed by atoms with Crippen molar-refractivity contribution in [3.05, 3.63) is 23.8 Å². The molecule has 0 aromatic heterocycles. The molecule has 1 aliphatic carbocycles. The highest BCUT2D eigenvalue weighted by atomic mass is 16.5. The Hall–Kier alpha value is -1.75. The number of anilines is 1. The zero-order chi connectivity index (χ0) is 14.5. The standard InChI is InChI=1S/C15H21NO4/c1-18-10-4-3-5-11(8-10)20-12-6-7-14(16)13(9-12)15(17)19-2/h6-7,9-11H,3-5,8,16H2,1-2H3. The van der Waals surface area contributed by atoms with Gasteiger partial charge in [-0.05, 0) is 37.5 Å². The maximum absolute atomic E-state index is 11.6.